The monoisotopic (exact) mass is 1380 g/mol. The molecule has 5 N–H and O–H groups in total. The summed E-state index contributed by atoms with van der Waals surface area (Å²) in [5, 5.41) is 6.27. The second kappa shape index (κ2) is 30.0. The van der Waals surface area contributed by atoms with Gasteiger partial charge in [-0.15, -0.1) is 0 Å². The number of halogens is 7. The van der Waals surface area contributed by atoms with Crippen LogP contribution in [-0.2, 0) is 39.5 Å². The van der Waals surface area contributed by atoms with E-state index in [1.54, 1.807) is 0 Å². The molecule has 0 amide bonds. The number of fused-ring (bicyclic) bond motifs is 3. The summed E-state index contributed by atoms with van der Waals surface area (Å²) < 4.78 is 147. The van der Waals surface area contributed by atoms with Crippen molar-refractivity contribution >= 4 is 93.7 Å². The van der Waals surface area contributed by atoms with Gasteiger partial charge in [0.05, 0.1) is 26.4 Å². The van der Waals surface area contributed by atoms with Crippen molar-refractivity contribution in [2.45, 2.75) is 108 Å². The number of hydrogen-bond donors (Lipinski definition) is 4. The highest BCUT2D eigenvalue weighted by molar-refractivity contribution is 7.93. The molecule has 6 aliphatic rings. The van der Waals surface area contributed by atoms with Crippen molar-refractivity contribution in [3.05, 3.63) is 131 Å². The van der Waals surface area contributed by atoms with Crippen LogP contribution in [-0.4, -0.2) is 173 Å². The number of anilines is 5. The van der Waals surface area contributed by atoms with Gasteiger partial charge < -0.3 is 25.8 Å². The Morgan fingerprint density at radius 1 is 0.516 bits per heavy atom. The maximum Gasteiger partial charge on any atom is 0.270 e. The molecule has 3 aromatic heterocycles. The zero-order chi connectivity index (χ0) is 65.2. The van der Waals surface area contributed by atoms with E-state index >= 15 is 4.39 Å². The Bertz CT molecular complexity index is 3790. The van der Waals surface area contributed by atoms with Gasteiger partial charge in [-0.25, -0.2) is 81.3 Å². The molecule has 6 saturated heterocycles. The Morgan fingerprint density at radius 3 is 1.27 bits per heavy atom. The van der Waals surface area contributed by atoms with Crippen LogP contribution in [0.1, 0.15) is 77.0 Å². The Kier molecular flexibility index (Phi) is 22.9. The molecule has 12 rings (SSSR count). The molecular formula is C58H72Cl3F4N15O8S3. The second-order valence-corrected chi connectivity index (χ2v) is 29.3. The summed E-state index contributed by atoms with van der Waals surface area (Å²) in [7, 11) is -10.3. The van der Waals surface area contributed by atoms with Crippen molar-refractivity contribution in [1.29, 1.82) is 0 Å². The summed E-state index contributed by atoms with van der Waals surface area (Å²) in [5.41, 5.74) is 7.18. The molecule has 3 aromatic carbocycles. The first kappa shape index (κ1) is 69.4. The summed E-state index contributed by atoms with van der Waals surface area (Å²) in [6.07, 6.45) is 22.1. The summed E-state index contributed by atoms with van der Waals surface area (Å²) >= 11 is 18.2. The number of nitrogens with two attached hydrogens (primary N) is 1. The Hall–Kier alpha value is -5.90. The molecule has 0 radical (unpaired) electrons. The average molecular weight is 1390 g/mol. The van der Waals surface area contributed by atoms with Crippen LogP contribution in [0.2, 0.25) is 15.1 Å². The second-order valence-electron chi connectivity index (χ2n) is 22.8. The van der Waals surface area contributed by atoms with Crippen LogP contribution in [0.4, 0.5) is 46.4 Å². The van der Waals surface area contributed by atoms with Gasteiger partial charge in [0.15, 0.2) is 0 Å². The number of nitrogens with zero attached hydrogens (tertiary/aromatic N) is 11. The van der Waals surface area contributed by atoms with Gasteiger partial charge in [0.25, 0.3) is 30.1 Å². The number of sulfonamides is 3. The molecule has 33 heteroatoms. The number of hydrogen-bond acceptors (Lipinski definition) is 20. The minimum Gasteiger partial charge on any atom is -0.382 e. The number of methoxy groups -OCH3 is 2. The van der Waals surface area contributed by atoms with Crippen molar-refractivity contribution in [2.75, 3.05) is 111 Å². The molecule has 0 aliphatic carbocycles. The van der Waals surface area contributed by atoms with Gasteiger partial charge in [-0.05, 0) is 153 Å². The molecule has 0 spiro atoms. The van der Waals surface area contributed by atoms with Crippen molar-refractivity contribution in [3.8, 4) is 0 Å². The lowest BCUT2D eigenvalue weighted by Crippen LogP contribution is -2.44. The lowest BCUT2D eigenvalue weighted by Gasteiger charge is -2.32. The minimum absolute atomic E-state index is 0.0308. The highest BCUT2D eigenvalue weighted by Crippen LogP contribution is 2.42. The van der Waals surface area contributed by atoms with Crippen LogP contribution in [0, 0.1) is 23.3 Å². The van der Waals surface area contributed by atoms with Crippen LogP contribution >= 0.6 is 34.8 Å². The number of aromatic nitrogens is 6. The normalized spacial score (nSPS) is 18.1. The SMILES string of the molecule is COCN(c1ccncn1)S(=O)(=O)c1cc(Cl)c(F)cc1F.COCN(c1ccncn1)S(=O)(=O)c1cc(Cl)c(NCC23CCCN2CCC3)cc1F.NCC12CCCN1CCC2.O=S(=O)(Nc1ccncn1)c1cc(Cl)c(NCC23CCCN2CCC3)cc1F. The summed E-state index contributed by atoms with van der Waals surface area (Å²) in [6, 6.07) is 9.73. The smallest absolute Gasteiger partial charge is 0.270 e. The first-order valence-corrected chi connectivity index (χ1v) is 34.9. The first-order chi connectivity index (χ1) is 43.5. The van der Waals surface area contributed by atoms with E-state index in [9.17, 15) is 38.4 Å². The van der Waals surface area contributed by atoms with Gasteiger partial charge in [-0.2, -0.15) is 0 Å². The topological polar surface area (TPSA) is 277 Å². The van der Waals surface area contributed by atoms with Gasteiger partial charge in [0.2, 0.25) is 0 Å². The number of benzene rings is 3. The molecule has 9 heterocycles. The van der Waals surface area contributed by atoms with Crippen molar-refractivity contribution in [1.82, 2.24) is 44.6 Å². The van der Waals surface area contributed by atoms with E-state index < -0.39 is 79.8 Å². The third kappa shape index (κ3) is 15.7. The maximum atomic E-state index is 15.0. The van der Waals surface area contributed by atoms with Gasteiger partial charge in [0.1, 0.15) is 87.9 Å². The lowest BCUT2D eigenvalue weighted by atomic mass is 9.94. The third-order valence-corrected chi connectivity index (χ3v) is 23.2. The molecule has 0 saturated carbocycles. The zero-order valence-corrected chi connectivity index (χ0v) is 54.8. The summed E-state index contributed by atoms with van der Waals surface area (Å²) in [6.45, 7) is 8.39. The fourth-order valence-corrected chi connectivity index (χ4v) is 17.7. The van der Waals surface area contributed by atoms with Gasteiger partial charge >= 0.3 is 0 Å². The lowest BCUT2D eigenvalue weighted by molar-refractivity contribution is 0.204. The Labute approximate surface area is 542 Å². The zero-order valence-electron chi connectivity index (χ0n) is 50.1. The highest BCUT2D eigenvalue weighted by Gasteiger charge is 2.46. The Morgan fingerprint density at radius 2 is 0.890 bits per heavy atom. The van der Waals surface area contributed by atoms with Crippen molar-refractivity contribution in [2.24, 2.45) is 5.73 Å². The number of rotatable bonds is 20. The minimum atomic E-state index is -4.39. The van der Waals surface area contributed by atoms with E-state index in [2.05, 4.69) is 60.0 Å². The van der Waals surface area contributed by atoms with Crippen LogP contribution in [0.3, 0.4) is 0 Å². The van der Waals surface area contributed by atoms with E-state index in [0.29, 0.717) is 46.4 Å². The maximum absolute atomic E-state index is 15.0. The number of nitrogens with one attached hydrogen (secondary N) is 3. The molecule has 6 fully saturated rings. The largest absolute Gasteiger partial charge is 0.382 e. The Balaban J connectivity index is 0.000000151. The fourth-order valence-electron chi connectivity index (χ4n) is 12.9. The third-order valence-electron chi connectivity index (χ3n) is 17.4. The molecule has 6 aromatic rings. The van der Waals surface area contributed by atoms with Crippen molar-refractivity contribution in [3.63, 3.8) is 0 Å². The standard InChI is InChI=1S/C20H25ClFN5O3S.C18H21ClFN5O2S.C12H10ClF2N3O3S.C8H16N2/c1-30-14-27(19-4-7-23-13-25-19)31(28,29)18-10-15(21)17(11-16(18)22)24-12-20-5-2-8-26(20)9-3-6-20;19-13-9-16(28(26,27)24-17-3-6-21-12-23-17)14(20)10-15(13)22-11-18-4-1-7-25(18)8-2-5-18;1-21-7-18(12-2-3-16-6-17-12)22(19,20)11-4-8(13)9(14)5-10(11)15;9-7-8-3-1-5-10(8)6-2-4-8/h4,7,10-11,13,24H,2-3,5-6,8-9,12,14H2,1H3;3,6,9-10,12,22H,1-2,4-5,7-8,11H2,(H,21,23,24);2-6H,7H2,1H3;1-7,9H2. The molecule has 0 unspecified atom stereocenters. The van der Waals surface area contributed by atoms with E-state index in [1.165, 1.54) is 102 Å². The molecule has 23 nitrogen and oxygen atoms in total. The highest BCUT2D eigenvalue weighted by atomic mass is 35.5. The molecule has 494 valence electrons. The van der Waals surface area contributed by atoms with Crippen molar-refractivity contribution < 1.29 is 52.3 Å². The van der Waals surface area contributed by atoms with E-state index in [-0.39, 0.29) is 45.3 Å². The molecule has 91 heavy (non-hydrogen) atoms. The average Bonchev–Trinajstić information content (AvgIpc) is 1.83. The van der Waals surface area contributed by atoms with E-state index in [0.717, 1.165) is 119 Å². The summed E-state index contributed by atoms with van der Waals surface area (Å²) in [5.74, 6) is -4.01. The number of ether oxygens (including phenoxy) is 2. The molecule has 6 aliphatic heterocycles. The predicted octanol–water partition coefficient (Wildman–Crippen LogP) is 9.00. The van der Waals surface area contributed by atoms with Gasteiger partial charge in [0, 0.05) is 87.3 Å². The quantitative estimate of drug-likeness (QED) is 0.0315. The molecule has 0 bridgehead atoms. The molecule has 0 atom stereocenters. The predicted molar refractivity (Wildman–Crippen MR) is 339 cm³/mol. The van der Waals surface area contributed by atoms with Gasteiger partial charge in [-0.1, -0.05) is 34.8 Å². The van der Waals surface area contributed by atoms with Crippen LogP contribution < -0.4 is 29.7 Å². The first-order valence-electron chi connectivity index (χ1n) is 29.4. The van der Waals surface area contributed by atoms with E-state index in [1.807, 2.05) is 0 Å². The van der Waals surface area contributed by atoms with Crippen LogP contribution in [0.15, 0.2) is 107 Å². The van der Waals surface area contributed by atoms with Crippen LogP contribution in [0.25, 0.3) is 0 Å². The van der Waals surface area contributed by atoms with Gasteiger partial charge in [-0.3, -0.25) is 19.4 Å². The van der Waals surface area contributed by atoms with E-state index in [4.69, 9.17) is 50.0 Å². The summed E-state index contributed by atoms with van der Waals surface area (Å²) in [4.78, 5) is 28.4. The fraction of sp³-hybridized carbons (Fsp3) is 0.483. The van der Waals surface area contributed by atoms with Crippen LogP contribution in [0.5, 0.6) is 0 Å². The molecular weight excluding hydrogens is 1310 g/mol.